The van der Waals surface area contributed by atoms with Crippen LogP contribution < -0.4 is 10.6 Å². The lowest BCUT2D eigenvalue weighted by molar-refractivity contribution is -0.116. The van der Waals surface area contributed by atoms with Crippen LogP contribution in [-0.4, -0.2) is 39.1 Å². The van der Waals surface area contributed by atoms with Gasteiger partial charge in [-0.2, -0.15) is 4.98 Å². The predicted molar refractivity (Wildman–Crippen MR) is 109 cm³/mol. The summed E-state index contributed by atoms with van der Waals surface area (Å²) in [6.45, 7) is 2.08. The molecule has 1 fully saturated rings. The maximum atomic E-state index is 12.2. The van der Waals surface area contributed by atoms with Crippen molar-refractivity contribution in [2.45, 2.75) is 31.6 Å². The molecule has 10 heteroatoms. The summed E-state index contributed by atoms with van der Waals surface area (Å²) in [5.74, 6) is 1.37. The molecule has 4 heterocycles. The van der Waals surface area contributed by atoms with E-state index in [1.54, 1.807) is 23.7 Å². The van der Waals surface area contributed by atoms with Gasteiger partial charge in [0.1, 0.15) is 0 Å². The molecule has 4 rings (SSSR count). The highest BCUT2D eigenvalue weighted by Crippen LogP contribution is 2.31. The summed E-state index contributed by atoms with van der Waals surface area (Å²) in [5.41, 5.74) is 0.831. The number of nitrogens with one attached hydrogen (secondary N) is 2. The van der Waals surface area contributed by atoms with Crippen LogP contribution in [0.2, 0.25) is 0 Å². The zero-order valence-electron chi connectivity index (χ0n) is 15.1. The number of hydrogen-bond acceptors (Lipinski definition) is 8. The van der Waals surface area contributed by atoms with E-state index in [-0.39, 0.29) is 24.7 Å². The molecule has 0 aromatic carbocycles. The fourth-order valence-corrected chi connectivity index (χ4v) is 4.02. The second kappa shape index (κ2) is 9.72. The summed E-state index contributed by atoms with van der Waals surface area (Å²) < 4.78 is 5.22. The third-order valence-electron chi connectivity index (χ3n) is 4.48. The van der Waals surface area contributed by atoms with Crippen LogP contribution in [0.15, 0.2) is 35.2 Å². The minimum Gasteiger partial charge on any atom is -0.339 e. The highest BCUT2D eigenvalue weighted by atomic mass is 35.5. The lowest BCUT2D eigenvalue weighted by Crippen LogP contribution is -2.26. The average Bonchev–Trinajstić information content (AvgIpc) is 3.37. The standard InChI is InChI=1S/C18H20N6O2S.ClH/c25-15(22-18-21-11-14(27-18)12-3-7-19-8-4-12)1-2-16-23-17(24-26-16)13-5-9-20-10-6-13;/h5-6,9-12,19H,1-4,7-8H2,(H,21,22,25);1H. The molecule has 28 heavy (non-hydrogen) atoms. The Morgan fingerprint density at radius 1 is 1.29 bits per heavy atom. The van der Waals surface area contributed by atoms with Crippen molar-refractivity contribution in [2.24, 2.45) is 0 Å². The molecule has 1 saturated heterocycles. The summed E-state index contributed by atoms with van der Waals surface area (Å²) in [7, 11) is 0. The van der Waals surface area contributed by atoms with Crippen molar-refractivity contribution >= 4 is 34.8 Å². The molecule has 3 aromatic heterocycles. The van der Waals surface area contributed by atoms with E-state index in [2.05, 4.69) is 30.7 Å². The number of amides is 1. The Kier molecular flexibility index (Phi) is 7.07. The van der Waals surface area contributed by atoms with Crippen molar-refractivity contribution in [1.29, 1.82) is 0 Å². The maximum Gasteiger partial charge on any atom is 0.227 e. The monoisotopic (exact) mass is 420 g/mol. The number of pyridine rings is 1. The molecule has 1 aliphatic rings. The number of thiazole rings is 1. The van der Waals surface area contributed by atoms with E-state index in [0.29, 0.717) is 29.2 Å². The number of nitrogens with zero attached hydrogens (tertiary/aromatic N) is 4. The number of aryl methyl sites for hydroxylation is 1. The van der Waals surface area contributed by atoms with Crippen LogP contribution in [0.25, 0.3) is 11.4 Å². The van der Waals surface area contributed by atoms with Crippen LogP contribution in [0.5, 0.6) is 0 Å². The van der Waals surface area contributed by atoms with Crippen LogP contribution in [-0.2, 0) is 11.2 Å². The molecule has 8 nitrogen and oxygen atoms in total. The molecule has 0 spiro atoms. The van der Waals surface area contributed by atoms with Crippen LogP contribution >= 0.6 is 23.7 Å². The maximum absolute atomic E-state index is 12.2. The van der Waals surface area contributed by atoms with Crippen molar-refractivity contribution in [2.75, 3.05) is 18.4 Å². The number of carbonyl (C=O) groups is 1. The molecule has 0 bridgehead atoms. The molecule has 0 radical (unpaired) electrons. The van der Waals surface area contributed by atoms with Crippen molar-refractivity contribution in [3.63, 3.8) is 0 Å². The van der Waals surface area contributed by atoms with Crippen molar-refractivity contribution < 1.29 is 9.32 Å². The van der Waals surface area contributed by atoms with Gasteiger partial charge in [0.2, 0.25) is 17.6 Å². The quantitative estimate of drug-likeness (QED) is 0.631. The fourth-order valence-electron chi connectivity index (χ4n) is 3.02. The van der Waals surface area contributed by atoms with Gasteiger partial charge in [0, 0.05) is 41.9 Å². The van der Waals surface area contributed by atoms with Gasteiger partial charge in [-0.1, -0.05) is 5.16 Å². The van der Waals surface area contributed by atoms with E-state index < -0.39 is 0 Å². The summed E-state index contributed by atoms with van der Waals surface area (Å²) >= 11 is 1.56. The SMILES string of the molecule is Cl.O=C(CCc1nc(-c2ccncc2)no1)Nc1ncc(C2CCNCC2)s1. The van der Waals surface area contributed by atoms with Crippen LogP contribution in [0.3, 0.4) is 0 Å². The summed E-state index contributed by atoms with van der Waals surface area (Å²) in [6, 6.07) is 3.62. The van der Waals surface area contributed by atoms with Gasteiger partial charge in [0.25, 0.3) is 0 Å². The molecular formula is C18H21ClN6O2S. The number of anilines is 1. The minimum absolute atomic E-state index is 0. The summed E-state index contributed by atoms with van der Waals surface area (Å²) in [4.78, 5) is 26.1. The Bertz CT molecular complexity index is 894. The van der Waals surface area contributed by atoms with Crippen LogP contribution in [0, 0.1) is 0 Å². The Balaban J connectivity index is 0.00000225. The van der Waals surface area contributed by atoms with E-state index in [9.17, 15) is 4.79 Å². The van der Waals surface area contributed by atoms with Crippen LogP contribution in [0.4, 0.5) is 5.13 Å². The Morgan fingerprint density at radius 2 is 2.07 bits per heavy atom. The largest absolute Gasteiger partial charge is 0.339 e. The molecule has 148 valence electrons. The molecule has 0 atom stereocenters. The smallest absolute Gasteiger partial charge is 0.227 e. The second-order valence-electron chi connectivity index (χ2n) is 6.39. The van der Waals surface area contributed by atoms with Gasteiger partial charge in [-0.3, -0.25) is 9.78 Å². The van der Waals surface area contributed by atoms with Gasteiger partial charge >= 0.3 is 0 Å². The molecule has 1 aliphatic heterocycles. The lowest BCUT2D eigenvalue weighted by atomic mass is 9.97. The third kappa shape index (κ3) is 5.12. The van der Waals surface area contributed by atoms with E-state index in [1.165, 1.54) is 4.88 Å². The van der Waals surface area contributed by atoms with Gasteiger partial charge in [-0.05, 0) is 44.0 Å². The Labute approximate surface area is 172 Å². The number of rotatable bonds is 6. The second-order valence-corrected chi connectivity index (χ2v) is 7.45. The van der Waals surface area contributed by atoms with Gasteiger partial charge in [-0.15, -0.1) is 23.7 Å². The first kappa shape index (κ1) is 20.4. The highest BCUT2D eigenvalue weighted by Gasteiger charge is 2.18. The Morgan fingerprint density at radius 3 is 2.86 bits per heavy atom. The number of aromatic nitrogens is 4. The van der Waals surface area contributed by atoms with Gasteiger partial charge in [0.15, 0.2) is 5.13 Å². The third-order valence-corrected chi connectivity index (χ3v) is 5.56. The van der Waals surface area contributed by atoms with Gasteiger partial charge in [-0.25, -0.2) is 4.98 Å². The first-order valence-corrected chi connectivity index (χ1v) is 9.79. The van der Waals surface area contributed by atoms with Crippen LogP contribution in [0.1, 0.15) is 35.9 Å². The molecule has 0 saturated carbocycles. The first-order chi connectivity index (χ1) is 13.3. The number of piperidine rings is 1. The number of carbonyl (C=O) groups excluding carboxylic acids is 1. The number of hydrogen-bond donors (Lipinski definition) is 2. The van der Waals surface area contributed by atoms with Crippen molar-refractivity contribution in [1.82, 2.24) is 25.4 Å². The Hall–Kier alpha value is -2.36. The summed E-state index contributed by atoms with van der Waals surface area (Å²) in [6.07, 6.45) is 8.11. The van der Waals surface area contributed by atoms with Crippen molar-refractivity contribution in [3.05, 3.63) is 41.5 Å². The molecular weight excluding hydrogens is 400 g/mol. The van der Waals surface area contributed by atoms with E-state index >= 15 is 0 Å². The topological polar surface area (TPSA) is 106 Å². The zero-order chi connectivity index (χ0) is 18.5. The van der Waals surface area contributed by atoms with Gasteiger partial charge < -0.3 is 15.2 Å². The molecule has 2 N–H and O–H groups in total. The normalized spacial score (nSPS) is 14.4. The minimum atomic E-state index is -0.107. The molecule has 1 amide bonds. The lowest BCUT2D eigenvalue weighted by Gasteiger charge is -2.20. The fraction of sp³-hybridized carbons (Fsp3) is 0.389. The van der Waals surface area contributed by atoms with Crippen molar-refractivity contribution in [3.8, 4) is 11.4 Å². The van der Waals surface area contributed by atoms with E-state index in [1.807, 2.05) is 18.3 Å². The van der Waals surface area contributed by atoms with E-state index in [0.717, 1.165) is 31.5 Å². The summed E-state index contributed by atoms with van der Waals surface area (Å²) in [5, 5.41) is 10.8. The predicted octanol–water partition coefficient (Wildman–Crippen LogP) is 3.05. The average molecular weight is 421 g/mol. The zero-order valence-corrected chi connectivity index (χ0v) is 16.8. The molecule has 0 aliphatic carbocycles. The first-order valence-electron chi connectivity index (χ1n) is 8.97. The van der Waals surface area contributed by atoms with E-state index in [4.69, 9.17) is 4.52 Å². The highest BCUT2D eigenvalue weighted by molar-refractivity contribution is 7.15. The molecule has 0 unspecified atom stereocenters. The molecule has 3 aromatic rings. The van der Waals surface area contributed by atoms with Gasteiger partial charge in [0.05, 0.1) is 0 Å². The number of halogens is 1.